The zero-order valence-electron chi connectivity index (χ0n) is 23.5. The lowest BCUT2D eigenvalue weighted by Gasteiger charge is -2.35. The summed E-state index contributed by atoms with van der Waals surface area (Å²) in [5.74, 6) is 0.264. The maximum Gasteiger partial charge on any atom is 0.254 e. The lowest BCUT2D eigenvalue weighted by atomic mass is 10.0. The minimum atomic E-state index is -3.78. The molecule has 1 N–H and O–H groups in total. The van der Waals surface area contributed by atoms with Crippen LogP contribution in [0.15, 0.2) is 35.2 Å². The molecule has 3 rings (SSSR count). The lowest BCUT2D eigenvalue weighted by Crippen LogP contribution is -2.44. The number of methoxy groups -OCH3 is 1. The van der Waals surface area contributed by atoms with Crippen LogP contribution in [0.4, 0.5) is 5.69 Å². The molecule has 0 aliphatic carbocycles. The van der Waals surface area contributed by atoms with E-state index in [-0.39, 0.29) is 35.7 Å². The number of nitrogens with zero attached hydrogens (tertiary/aromatic N) is 3. The Kier molecular flexibility index (Phi) is 9.56. The SMILES string of the molecule is COc1cc(C)c(S(=O)(=O)N(C)CCC(=O)Nc2ccc(C(=O)N(C)C3CCN(C)CC3)c(C)c2)c(C)c1. The zero-order valence-corrected chi connectivity index (χ0v) is 24.3. The molecular weight excluding hydrogens is 504 g/mol. The Balaban J connectivity index is 1.60. The first-order valence-electron chi connectivity index (χ1n) is 12.8. The third kappa shape index (κ3) is 6.73. The third-order valence-electron chi connectivity index (χ3n) is 7.29. The number of aryl methyl sites for hydroxylation is 3. The van der Waals surface area contributed by atoms with Gasteiger partial charge in [0.25, 0.3) is 5.91 Å². The van der Waals surface area contributed by atoms with Crippen LogP contribution in [0.2, 0.25) is 0 Å². The molecule has 0 radical (unpaired) electrons. The third-order valence-corrected chi connectivity index (χ3v) is 9.45. The van der Waals surface area contributed by atoms with Crippen LogP contribution in [0, 0.1) is 20.8 Å². The van der Waals surface area contributed by atoms with Crippen LogP contribution in [0.1, 0.15) is 46.3 Å². The normalized spacial score (nSPS) is 14.9. The summed E-state index contributed by atoms with van der Waals surface area (Å²) in [6, 6.07) is 8.82. The molecule has 0 bridgehead atoms. The van der Waals surface area contributed by atoms with E-state index in [0.717, 1.165) is 31.5 Å². The van der Waals surface area contributed by atoms with Crippen LogP contribution in [0.3, 0.4) is 0 Å². The van der Waals surface area contributed by atoms with E-state index in [0.29, 0.717) is 28.1 Å². The summed E-state index contributed by atoms with van der Waals surface area (Å²) >= 11 is 0. The number of amides is 2. The first-order valence-corrected chi connectivity index (χ1v) is 14.3. The number of rotatable bonds is 9. The number of ether oxygens (including phenoxy) is 1. The predicted octanol–water partition coefficient (Wildman–Crippen LogP) is 3.44. The molecule has 2 aromatic carbocycles. The van der Waals surface area contributed by atoms with E-state index in [1.807, 2.05) is 18.9 Å². The number of benzene rings is 2. The molecule has 2 amide bonds. The van der Waals surface area contributed by atoms with Gasteiger partial charge in [0.2, 0.25) is 15.9 Å². The number of anilines is 1. The Hall–Kier alpha value is -2.95. The number of piperidine rings is 1. The van der Waals surface area contributed by atoms with Gasteiger partial charge in [-0.05, 0) is 101 Å². The second-order valence-electron chi connectivity index (χ2n) is 10.2. The Bertz CT molecular complexity index is 1260. The summed E-state index contributed by atoms with van der Waals surface area (Å²) in [5.41, 5.74) is 3.13. The summed E-state index contributed by atoms with van der Waals surface area (Å²) < 4.78 is 32.8. The molecule has 0 aromatic heterocycles. The lowest BCUT2D eigenvalue weighted by molar-refractivity contribution is -0.116. The fraction of sp³-hybridized carbons (Fsp3) is 0.500. The molecule has 38 heavy (non-hydrogen) atoms. The van der Waals surface area contributed by atoms with Crippen molar-refractivity contribution < 1.29 is 22.7 Å². The van der Waals surface area contributed by atoms with Crippen LogP contribution in [-0.4, -0.2) is 88.3 Å². The summed E-state index contributed by atoms with van der Waals surface area (Å²) in [5, 5.41) is 2.82. The topological polar surface area (TPSA) is 99.3 Å². The molecule has 208 valence electrons. The maximum absolute atomic E-state index is 13.2. The average molecular weight is 545 g/mol. The van der Waals surface area contributed by atoms with Gasteiger partial charge in [0.15, 0.2) is 0 Å². The standard InChI is InChI=1S/C28H40N4O5S/c1-19-16-22(8-9-25(19)28(34)32(6)23-10-13-30(4)14-11-23)29-26(33)12-15-31(5)38(35,36)27-20(2)17-24(37-7)18-21(27)3/h8-9,16-18,23H,10-15H2,1-7H3,(H,29,33). The first kappa shape index (κ1) is 29.6. The van der Waals surface area contributed by atoms with Gasteiger partial charge in [-0.1, -0.05) is 0 Å². The van der Waals surface area contributed by atoms with E-state index >= 15 is 0 Å². The second-order valence-corrected chi connectivity index (χ2v) is 12.2. The molecular formula is C28H40N4O5S. The average Bonchev–Trinajstić information content (AvgIpc) is 2.86. The van der Waals surface area contributed by atoms with E-state index < -0.39 is 10.0 Å². The molecule has 1 saturated heterocycles. The van der Waals surface area contributed by atoms with Crippen LogP contribution in [-0.2, 0) is 14.8 Å². The minimum Gasteiger partial charge on any atom is -0.497 e. The second kappa shape index (κ2) is 12.3. The van der Waals surface area contributed by atoms with Crippen molar-refractivity contribution in [2.45, 2.75) is 51.0 Å². The van der Waals surface area contributed by atoms with Crippen LogP contribution in [0.5, 0.6) is 5.75 Å². The molecule has 0 atom stereocenters. The fourth-order valence-corrected chi connectivity index (χ4v) is 6.49. The Morgan fingerprint density at radius 1 is 1.03 bits per heavy atom. The number of hydrogen-bond donors (Lipinski definition) is 1. The largest absolute Gasteiger partial charge is 0.497 e. The van der Waals surface area contributed by atoms with Crippen LogP contribution < -0.4 is 10.1 Å². The highest BCUT2D eigenvalue weighted by Gasteiger charge is 2.27. The van der Waals surface area contributed by atoms with Crippen molar-refractivity contribution in [2.75, 3.05) is 53.2 Å². The highest BCUT2D eigenvalue weighted by atomic mass is 32.2. The zero-order chi connectivity index (χ0) is 28.2. The van der Waals surface area contributed by atoms with Gasteiger partial charge in [-0.2, -0.15) is 0 Å². The van der Waals surface area contributed by atoms with Crippen molar-refractivity contribution in [3.63, 3.8) is 0 Å². The van der Waals surface area contributed by atoms with Gasteiger partial charge in [0.1, 0.15) is 5.75 Å². The highest BCUT2D eigenvalue weighted by molar-refractivity contribution is 7.89. The minimum absolute atomic E-state index is 0.0113. The number of hydrogen-bond acceptors (Lipinski definition) is 6. The monoisotopic (exact) mass is 544 g/mol. The Morgan fingerprint density at radius 3 is 2.18 bits per heavy atom. The van der Waals surface area contributed by atoms with Crippen molar-refractivity contribution in [3.05, 3.63) is 52.6 Å². The molecule has 0 unspecified atom stereocenters. The summed E-state index contributed by atoms with van der Waals surface area (Å²) in [6.45, 7) is 7.28. The van der Waals surface area contributed by atoms with Gasteiger partial charge in [0.05, 0.1) is 12.0 Å². The van der Waals surface area contributed by atoms with Gasteiger partial charge in [-0.25, -0.2) is 12.7 Å². The molecule has 9 nitrogen and oxygen atoms in total. The van der Waals surface area contributed by atoms with Gasteiger partial charge < -0.3 is 19.9 Å². The van der Waals surface area contributed by atoms with E-state index in [1.54, 1.807) is 44.2 Å². The molecule has 1 fully saturated rings. The number of carbonyl (C=O) groups is 2. The number of likely N-dealkylation sites (tertiary alicyclic amines) is 1. The van der Waals surface area contributed by atoms with Crippen molar-refractivity contribution >= 4 is 27.5 Å². The summed E-state index contributed by atoms with van der Waals surface area (Å²) in [4.78, 5) is 30.1. The maximum atomic E-state index is 13.2. The predicted molar refractivity (Wildman–Crippen MR) is 149 cm³/mol. The molecule has 10 heteroatoms. The van der Waals surface area contributed by atoms with Gasteiger partial charge in [0, 0.05) is 44.4 Å². The molecule has 1 aliphatic heterocycles. The van der Waals surface area contributed by atoms with E-state index in [1.165, 1.54) is 18.5 Å². The van der Waals surface area contributed by atoms with E-state index in [4.69, 9.17) is 4.74 Å². The molecule has 0 spiro atoms. The quantitative estimate of drug-likeness (QED) is 0.519. The van der Waals surface area contributed by atoms with E-state index in [2.05, 4.69) is 17.3 Å². The van der Waals surface area contributed by atoms with Crippen LogP contribution >= 0.6 is 0 Å². The molecule has 1 heterocycles. The molecule has 1 aliphatic rings. The Morgan fingerprint density at radius 2 is 1.63 bits per heavy atom. The smallest absolute Gasteiger partial charge is 0.254 e. The number of carbonyl (C=O) groups excluding carboxylic acids is 2. The van der Waals surface area contributed by atoms with E-state index in [9.17, 15) is 18.0 Å². The van der Waals surface area contributed by atoms with Gasteiger partial charge in [-0.3, -0.25) is 9.59 Å². The molecule has 2 aromatic rings. The first-order chi connectivity index (χ1) is 17.8. The Labute approximate surface area is 226 Å². The summed E-state index contributed by atoms with van der Waals surface area (Å²) in [6.07, 6.45) is 1.89. The molecule has 0 saturated carbocycles. The van der Waals surface area contributed by atoms with Crippen molar-refractivity contribution in [1.82, 2.24) is 14.1 Å². The van der Waals surface area contributed by atoms with Crippen molar-refractivity contribution in [3.8, 4) is 5.75 Å². The number of nitrogens with one attached hydrogen (secondary N) is 1. The van der Waals surface area contributed by atoms with Crippen LogP contribution in [0.25, 0.3) is 0 Å². The number of sulfonamides is 1. The van der Waals surface area contributed by atoms with Crippen molar-refractivity contribution in [1.29, 1.82) is 0 Å². The fourth-order valence-electron chi connectivity index (χ4n) is 4.91. The van der Waals surface area contributed by atoms with Gasteiger partial charge in [-0.15, -0.1) is 0 Å². The highest BCUT2D eigenvalue weighted by Crippen LogP contribution is 2.28. The summed E-state index contributed by atoms with van der Waals surface area (Å²) in [7, 11) is 3.17. The van der Waals surface area contributed by atoms with Crippen molar-refractivity contribution in [2.24, 2.45) is 0 Å². The van der Waals surface area contributed by atoms with Gasteiger partial charge >= 0.3 is 0 Å².